The molecular formula is C27H44O4. The van der Waals surface area contributed by atoms with E-state index >= 15 is 0 Å². The first-order valence-corrected chi connectivity index (χ1v) is 12.7. The summed E-state index contributed by atoms with van der Waals surface area (Å²) in [7, 11) is 0. The molecule has 0 amide bonds. The summed E-state index contributed by atoms with van der Waals surface area (Å²) in [5.74, 6) is 2.02. The molecule has 176 valence electrons. The van der Waals surface area contributed by atoms with E-state index < -0.39 is 17.4 Å². The van der Waals surface area contributed by atoms with Gasteiger partial charge in [0.05, 0.1) is 0 Å². The number of hydrogen-bond acceptors (Lipinski definition) is 2. The van der Waals surface area contributed by atoms with Crippen LogP contribution in [0, 0.1) is 46.3 Å². The van der Waals surface area contributed by atoms with Gasteiger partial charge in [-0.15, -0.1) is 0 Å². The molecule has 7 atom stereocenters. The van der Waals surface area contributed by atoms with Crippen LogP contribution in [0.1, 0.15) is 98.8 Å². The second kappa shape index (κ2) is 9.27. The fourth-order valence-electron chi connectivity index (χ4n) is 8.14. The van der Waals surface area contributed by atoms with E-state index in [9.17, 15) is 19.8 Å². The summed E-state index contributed by atoms with van der Waals surface area (Å²) in [6.07, 6.45) is 12.0. The number of allylic oxidation sites excluding steroid dienone is 1. The molecule has 0 saturated heterocycles. The lowest BCUT2D eigenvalue weighted by atomic mass is 9.48. The van der Waals surface area contributed by atoms with Gasteiger partial charge in [-0.1, -0.05) is 60.0 Å². The van der Waals surface area contributed by atoms with Crippen LogP contribution in [-0.2, 0) is 9.59 Å². The monoisotopic (exact) mass is 432 g/mol. The molecule has 2 saturated carbocycles. The minimum absolute atomic E-state index is 0.0434. The Morgan fingerprint density at radius 3 is 2.39 bits per heavy atom. The molecule has 0 aromatic heterocycles. The quantitative estimate of drug-likeness (QED) is 0.420. The third-order valence-electron chi connectivity index (χ3n) is 9.75. The molecule has 4 heteroatoms. The largest absolute Gasteiger partial charge is 0.481 e. The molecule has 2 N–H and O–H groups in total. The normalized spacial score (nSPS) is 38.3. The van der Waals surface area contributed by atoms with Gasteiger partial charge in [-0.2, -0.15) is 0 Å². The van der Waals surface area contributed by atoms with Crippen molar-refractivity contribution in [1.82, 2.24) is 0 Å². The average Bonchev–Trinajstić information content (AvgIpc) is 3.03. The molecule has 0 aromatic rings. The van der Waals surface area contributed by atoms with Crippen LogP contribution in [0.25, 0.3) is 0 Å². The molecule has 0 aliphatic heterocycles. The molecule has 0 spiro atoms. The first kappa shape index (κ1) is 24.3. The topological polar surface area (TPSA) is 74.6 Å². The fourth-order valence-corrected chi connectivity index (χ4v) is 8.14. The van der Waals surface area contributed by atoms with E-state index in [4.69, 9.17) is 0 Å². The lowest BCUT2D eigenvalue weighted by molar-refractivity contribution is -0.140. The minimum atomic E-state index is -0.859. The fraction of sp³-hybridized carbons (Fsp3) is 0.852. The molecule has 2 fully saturated rings. The van der Waals surface area contributed by atoms with E-state index in [1.54, 1.807) is 0 Å². The molecular weight excluding hydrogens is 388 g/mol. The van der Waals surface area contributed by atoms with Gasteiger partial charge in [0, 0.05) is 17.4 Å². The van der Waals surface area contributed by atoms with Gasteiger partial charge in [0.25, 0.3) is 0 Å². The lowest BCUT2D eigenvalue weighted by Crippen LogP contribution is -2.50. The Bertz CT molecular complexity index is 710. The molecule has 31 heavy (non-hydrogen) atoms. The summed E-state index contributed by atoms with van der Waals surface area (Å²) in [6, 6.07) is 0. The van der Waals surface area contributed by atoms with Crippen molar-refractivity contribution in [3.05, 3.63) is 11.6 Å². The average molecular weight is 433 g/mol. The van der Waals surface area contributed by atoms with Crippen LogP contribution >= 0.6 is 0 Å². The highest BCUT2D eigenvalue weighted by molar-refractivity contribution is 5.88. The standard InChI is InChI=1S/C27H44O4/c1-17(2)7-6-8-18(3)20-11-12-21-19-9-10-23(25(30)31)27(5,16-14-24(28)29)22(19)13-15-26(20,21)4/h10,17-22H,6-9,11-16H2,1-5H3,(H,28,29)(H,30,31)/t18-,19-,20-,21+,22-,26-,27+/m0/s1. The third kappa shape index (κ3) is 4.59. The summed E-state index contributed by atoms with van der Waals surface area (Å²) >= 11 is 0. The zero-order valence-electron chi connectivity index (χ0n) is 20.3. The Balaban J connectivity index is 1.80. The lowest BCUT2D eigenvalue weighted by Gasteiger charge is -2.56. The summed E-state index contributed by atoms with van der Waals surface area (Å²) in [6.45, 7) is 11.6. The number of hydrogen-bond donors (Lipinski definition) is 2. The number of fused-ring (bicyclic) bond motifs is 3. The smallest absolute Gasteiger partial charge is 0.331 e. The van der Waals surface area contributed by atoms with Gasteiger partial charge >= 0.3 is 11.9 Å². The number of carboxylic acid groups (broad SMARTS) is 2. The van der Waals surface area contributed by atoms with Crippen molar-refractivity contribution < 1.29 is 19.8 Å². The minimum Gasteiger partial charge on any atom is -0.481 e. The first-order chi connectivity index (χ1) is 14.5. The van der Waals surface area contributed by atoms with Crippen LogP contribution in [0.5, 0.6) is 0 Å². The van der Waals surface area contributed by atoms with Crippen molar-refractivity contribution in [1.29, 1.82) is 0 Å². The van der Waals surface area contributed by atoms with E-state index in [1.165, 1.54) is 32.1 Å². The molecule has 3 aliphatic rings. The summed E-state index contributed by atoms with van der Waals surface area (Å²) in [4.78, 5) is 23.4. The van der Waals surface area contributed by atoms with Gasteiger partial charge in [0.2, 0.25) is 0 Å². The molecule has 0 heterocycles. The van der Waals surface area contributed by atoms with Crippen LogP contribution in [-0.4, -0.2) is 22.2 Å². The van der Waals surface area contributed by atoms with Crippen LogP contribution in [0.15, 0.2) is 11.6 Å². The number of aliphatic carboxylic acids is 2. The van der Waals surface area contributed by atoms with Crippen LogP contribution in [0.2, 0.25) is 0 Å². The zero-order chi connectivity index (χ0) is 23.0. The third-order valence-corrected chi connectivity index (χ3v) is 9.75. The van der Waals surface area contributed by atoms with E-state index in [0.29, 0.717) is 29.2 Å². The van der Waals surface area contributed by atoms with Crippen molar-refractivity contribution >= 4 is 11.9 Å². The molecule has 3 aliphatic carbocycles. The Morgan fingerprint density at radius 1 is 1.06 bits per heavy atom. The maximum absolute atomic E-state index is 12.1. The van der Waals surface area contributed by atoms with Gasteiger partial charge in [-0.05, 0) is 79.4 Å². The predicted molar refractivity (Wildman–Crippen MR) is 124 cm³/mol. The van der Waals surface area contributed by atoms with E-state index in [1.807, 2.05) is 13.0 Å². The van der Waals surface area contributed by atoms with Gasteiger partial charge in [-0.25, -0.2) is 4.79 Å². The SMILES string of the molecule is CC(C)CCC[C@H](C)[C@@H]1CC[C@@H]2[C@@H]3CC=C(C(=O)O)[C@](C)(CCC(=O)O)[C@H]3CC[C@]21C. The molecule has 0 aromatic carbocycles. The molecule has 3 rings (SSSR count). The highest BCUT2D eigenvalue weighted by Crippen LogP contribution is 2.66. The van der Waals surface area contributed by atoms with Crippen molar-refractivity contribution in [2.24, 2.45) is 46.3 Å². The van der Waals surface area contributed by atoms with Crippen LogP contribution in [0.3, 0.4) is 0 Å². The zero-order valence-corrected chi connectivity index (χ0v) is 20.3. The summed E-state index contributed by atoms with van der Waals surface area (Å²) < 4.78 is 0. The Kier molecular flexibility index (Phi) is 7.28. The summed E-state index contributed by atoms with van der Waals surface area (Å²) in [5, 5.41) is 19.2. The Labute approximate surface area is 188 Å². The highest BCUT2D eigenvalue weighted by Gasteiger charge is 2.59. The number of carbonyl (C=O) groups is 2. The molecule has 4 nitrogen and oxygen atoms in total. The predicted octanol–water partition coefficient (Wildman–Crippen LogP) is 6.79. The van der Waals surface area contributed by atoms with Crippen LogP contribution < -0.4 is 0 Å². The van der Waals surface area contributed by atoms with Crippen molar-refractivity contribution in [2.75, 3.05) is 0 Å². The maximum Gasteiger partial charge on any atom is 0.331 e. The van der Waals surface area contributed by atoms with E-state index in [0.717, 1.165) is 37.0 Å². The van der Waals surface area contributed by atoms with Gasteiger partial charge in [-0.3, -0.25) is 4.79 Å². The maximum atomic E-state index is 12.1. The van der Waals surface area contributed by atoms with Crippen molar-refractivity contribution in [2.45, 2.75) is 98.8 Å². The van der Waals surface area contributed by atoms with Gasteiger partial charge in [0.15, 0.2) is 0 Å². The Morgan fingerprint density at radius 2 is 1.77 bits per heavy atom. The molecule has 0 unspecified atom stereocenters. The Hall–Kier alpha value is -1.32. The number of rotatable bonds is 9. The van der Waals surface area contributed by atoms with Crippen LogP contribution in [0.4, 0.5) is 0 Å². The highest BCUT2D eigenvalue weighted by atomic mass is 16.4. The van der Waals surface area contributed by atoms with Crippen molar-refractivity contribution in [3.8, 4) is 0 Å². The van der Waals surface area contributed by atoms with E-state index in [-0.39, 0.29) is 12.3 Å². The second-order valence-electron chi connectivity index (χ2n) is 11.9. The van der Waals surface area contributed by atoms with E-state index in [2.05, 4.69) is 27.7 Å². The second-order valence-corrected chi connectivity index (χ2v) is 11.9. The number of carboxylic acids is 2. The first-order valence-electron chi connectivity index (χ1n) is 12.7. The van der Waals surface area contributed by atoms with Gasteiger partial charge < -0.3 is 10.2 Å². The van der Waals surface area contributed by atoms with Gasteiger partial charge in [0.1, 0.15) is 0 Å². The summed E-state index contributed by atoms with van der Waals surface area (Å²) in [5.41, 5.74) is 0.283. The van der Waals surface area contributed by atoms with Crippen molar-refractivity contribution in [3.63, 3.8) is 0 Å². The molecule has 0 radical (unpaired) electrons. The molecule has 0 bridgehead atoms.